The Balaban J connectivity index is 1.58. The van der Waals surface area contributed by atoms with Gasteiger partial charge in [-0.1, -0.05) is 74.7 Å². The maximum atomic E-state index is 13.9. The predicted molar refractivity (Wildman–Crippen MR) is 194 cm³/mol. The minimum Gasteiger partial charge on any atom is -0.371 e. The van der Waals surface area contributed by atoms with E-state index in [-0.39, 0.29) is 31.2 Å². The number of hydrogen-bond acceptors (Lipinski definition) is 5. The molecule has 0 spiro atoms. The highest BCUT2D eigenvalue weighted by Crippen LogP contribution is 2.35. The Bertz CT molecular complexity index is 1840. The predicted octanol–water partition coefficient (Wildman–Crippen LogP) is 7.27. The normalized spacial score (nSPS) is 13.9. The summed E-state index contributed by atoms with van der Waals surface area (Å²) >= 11 is 13.6. The Morgan fingerprint density at radius 2 is 1.71 bits per heavy atom. The first-order chi connectivity index (χ1) is 22.7. The molecule has 2 heterocycles. The Hall–Kier alpha value is -4.08. The third-order valence-electron chi connectivity index (χ3n) is 8.93. The van der Waals surface area contributed by atoms with Gasteiger partial charge in [0.1, 0.15) is 5.82 Å². The van der Waals surface area contributed by atoms with Crippen molar-refractivity contribution in [2.24, 2.45) is 17.1 Å². The maximum absolute atomic E-state index is 13.9. The topological polar surface area (TPSA) is 122 Å². The number of benzene rings is 3. The number of nitrogens with zero attached hydrogens (tertiary/aromatic N) is 3. The van der Waals surface area contributed by atoms with Gasteiger partial charge in [0.05, 0.1) is 27.3 Å². The van der Waals surface area contributed by atoms with Gasteiger partial charge in [0.25, 0.3) is 5.91 Å². The van der Waals surface area contributed by atoms with Crippen molar-refractivity contribution in [1.29, 1.82) is 0 Å². The molecular formula is C37H44Cl2N6O3. The molecule has 3 aromatic carbocycles. The van der Waals surface area contributed by atoms with Gasteiger partial charge in [0.2, 0.25) is 11.8 Å². The van der Waals surface area contributed by atoms with Gasteiger partial charge in [0.15, 0.2) is 0 Å². The van der Waals surface area contributed by atoms with E-state index in [0.717, 1.165) is 48.3 Å². The summed E-state index contributed by atoms with van der Waals surface area (Å²) in [5, 5.41) is 6.91. The lowest BCUT2D eigenvalue weighted by atomic mass is 9.95. The van der Waals surface area contributed by atoms with Crippen LogP contribution in [0.25, 0.3) is 11.0 Å². The average Bonchev–Trinajstić information content (AvgIpc) is 3.37. The summed E-state index contributed by atoms with van der Waals surface area (Å²) in [4.78, 5) is 45.7. The number of aryl methyl sites for hydroxylation is 2. The van der Waals surface area contributed by atoms with E-state index in [1.807, 2.05) is 68.7 Å². The van der Waals surface area contributed by atoms with E-state index in [2.05, 4.69) is 22.5 Å². The van der Waals surface area contributed by atoms with Crippen molar-refractivity contribution in [3.63, 3.8) is 0 Å². The zero-order chi connectivity index (χ0) is 34.7. The number of halogens is 2. The minimum atomic E-state index is -0.547. The van der Waals surface area contributed by atoms with E-state index in [1.165, 1.54) is 0 Å². The molecule has 1 aromatic heterocycles. The van der Waals surface area contributed by atoms with Crippen molar-refractivity contribution in [2.75, 3.05) is 23.3 Å². The maximum Gasteiger partial charge on any atom is 0.257 e. The van der Waals surface area contributed by atoms with Crippen molar-refractivity contribution in [1.82, 2.24) is 14.9 Å². The molecular weight excluding hydrogens is 647 g/mol. The highest BCUT2D eigenvalue weighted by atomic mass is 35.5. The zero-order valence-electron chi connectivity index (χ0n) is 28.3. The Kier molecular flexibility index (Phi) is 10.7. The van der Waals surface area contributed by atoms with Crippen molar-refractivity contribution >= 4 is 63.3 Å². The quantitative estimate of drug-likeness (QED) is 0.162. The lowest BCUT2D eigenvalue weighted by Crippen LogP contribution is -2.34. The fourth-order valence-electron chi connectivity index (χ4n) is 5.89. The largest absolute Gasteiger partial charge is 0.371 e. The molecule has 4 N–H and O–H groups in total. The van der Waals surface area contributed by atoms with Crippen LogP contribution in [0.2, 0.25) is 10.0 Å². The molecule has 48 heavy (non-hydrogen) atoms. The fraction of sp³-hybridized carbons (Fsp3) is 0.405. The molecule has 3 amide bonds. The molecule has 1 aliphatic heterocycles. The van der Waals surface area contributed by atoms with E-state index >= 15 is 0 Å². The fourth-order valence-corrected chi connectivity index (χ4v) is 6.46. The lowest BCUT2D eigenvalue weighted by molar-refractivity contribution is -0.128. The standard InChI is InChI=1S/C37H44Cl2N6O3/c1-22-6-9-25(10-7-22)42-35(47)27-18-29-31(20-30(27)44-15-12-23(2)13-16-44)45(17-14-32(40)46)33(43-29)19-26-28(38)11-8-24(34(26)39)21-41-36(48)37(3,4)5/h6-11,18,20,23H,12-17,19,21H2,1-5H3,(H2,40,46)(H,41,48)(H,42,47). The van der Waals surface area contributed by atoms with Gasteiger partial charge in [-0.3, -0.25) is 14.4 Å². The second-order valence-electron chi connectivity index (χ2n) is 13.9. The second-order valence-corrected chi connectivity index (χ2v) is 14.6. The van der Waals surface area contributed by atoms with Gasteiger partial charge in [0, 0.05) is 55.1 Å². The highest BCUT2D eigenvalue weighted by molar-refractivity contribution is 6.36. The van der Waals surface area contributed by atoms with Crippen molar-refractivity contribution < 1.29 is 14.4 Å². The van der Waals surface area contributed by atoms with Crippen LogP contribution in [-0.4, -0.2) is 40.4 Å². The van der Waals surface area contributed by atoms with Crippen molar-refractivity contribution in [3.05, 3.63) is 86.7 Å². The summed E-state index contributed by atoms with van der Waals surface area (Å²) in [6.07, 6.45) is 2.40. The third-order valence-corrected chi connectivity index (χ3v) is 9.75. The minimum absolute atomic E-state index is 0.0931. The van der Waals surface area contributed by atoms with E-state index in [0.29, 0.717) is 50.7 Å². The first-order valence-corrected chi connectivity index (χ1v) is 17.2. The number of aromatic nitrogens is 2. The summed E-state index contributed by atoms with van der Waals surface area (Å²) in [5.41, 5.74) is 11.0. The molecule has 1 fully saturated rings. The van der Waals surface area contributed by atoms with Gasteiger partial charge in [-0.15, -0.1) is 0 Å². The number of carbonyl (C=O) groups is 3. The number of nitrogens with two attached hydrogens (primary N) is 1. The molecule has 0 unspecified atom stereocenters. The summed E-state index contributed by atoms with van der Waals surface area (Å²) in [7, 11) is 0. The number of piperidine rings is 1. The van der Waals surface area contributed by atoms with Crippen LogP contribution >= 0.6 is 23.2 Å². The zero-order valence-corrected chi connectivity index (χ0v) is 29.8. The molecule has 0 aliphatic carbocycles. The molecule has 0 saturated carbocycles. The number of nitrogens with one attached hydrogen (secondary N) is 2. The van der Waals surface area contributed by atoms with Crippen molar-refractivity contribution in [2.45, 2.75) is 73.4 Å². The van der Waals surface area contributed by atoms with E-state index in [1.54, 1.807) is 12.1 Å². The van der Waals surface area contributed by atoms with Crippen LogP contribution in [-0.2, 0) is 29.1 Å². The van der Waals surface area contributed by atoms with E-state index in [4.69, 9.17) is 33.9 Å². The summed E-state index contributed by atoms with van der Waals surface area (Å²) in [6.45, 7) is 12.0. The van der Waals surface area contributed by atoms with E-state index in [9.17, 15) is 14.4 Å². The van der Waals surface area contributed by atoms with Crippen LogP contribution in [0.15, 0.2) is 48.5 Å². The van der Waals surface area contributed by atoms with Gasteiger partial charge in [-0.05, 0) is 67.1 Å². The smallest absolute Gasteiger partial charge is 0.257 e. The van der Waals surface area contributed by atoms with Crippen molar-refractivity contribution in [3.8, 4) is 0 Å². The molecule has 11 heteroatoms. The van der Waals surface area contributed by atoms with Crippen LogP contribution in [0, 0.1) is 18.3 Å². The Labute approximate surface area is 292 Å². The summed E-state index contributed by atoms with van der Waals surface area (Å²) in [5.74, 6) is 0.479. The molecule has 1 aliphatic rings. The molecule has 0 atom stereocenters. The second kappa shape index (κ2) is 14.6. The number of primary amides is 1. The molecule has 4 aromatic rings. The lowest BCUT2D eigenvalue weighted by Gasteiger charge is -2.33. The number of imidazole rings is 1. The highest BCUT2D eigenvalue weighted by Gasteiger charge is 2.26. The number of anilines is 2. The molecule has 5 rings (SSSR count). The number of amides is 3. The number of carbonyl (C=O) groups excluding carboxylic acids is 3. The molecule has 9 nitrogen and oxygen atoms in total. The van der Waals surface area contributed by atoms with Gasteiger partial charge < -0.3 is 25.8 Å². The van der Waals surface area contributed by atoms with Crippen LogP contribution < -0.4 is 21.3 Å². The molecule has 0 bridgehead atoms. The average molecular weight is 692 g/mol. The third kappa shape index (κ3) is 8.13. The van der Waals surface area contributed by atoms with Crippen LogP contribution in [0.3, 0.4) is 0 Å². The molecule has 1 saturated heterocycles. The molecule has 0 radical (unpaired) electrons. The van der Waals surface area contributed by atoms with E-state index < -0.39 is 11.3 Å². The van der Waals surface area contributed by atoms with Crippen LogP contribution in [0.4, 0.5) is 11.4 Å². The number of rotatable bonds is 10. The van der Waals surface area contributed by atoms with Crippen LogP contribution in [0.5, 0.6) is 0 Å². The summed E-state index contributed by atoms with van der Waals surface area (Å²) in [6, 6.07) is 15.1. The first kappa shape index (κ1) is 35.2. The Morgan fingerprint density at radius 1 is 1.02 bits per heavy atom. The van der Waals surface area contributed by atoms with Gasteiger partial charge >= 0.3 is 0 Å². The number of hydrogen-bond donors (Lipinski definition) is 3. The van der Waals surface area contributed by atoms with Crippen LogP contribution in [0.1, 0.15) is 79.8 Å². The SMILES string of the molecule is Cc1ccc(NC(=O)c2cc3nc(Cc4c(Cl)ccc(CNC(=O)C(C)(C)C)c4Cl)n(CCC(N)=O)c3cc2N2CCC(C)CC2)cc1. The molecule has 254 valence electrons. The van der Waals surface area contributed by atoms with Gasteiger partial charge in [-0.25, -0.2) is 4.98 Å². The first-order valence-electron chi connectivity index (χ1n) is 16.4. The Morgan fingerprint density at radius 3 is 2.35 bits per heavy atom. The van der Waals surface area contributed by atoms with Gasteiger partial charge in [-0.2, -0.15) is 0 Å². The monoisotopic (exact) mass is 690 g/mol. The number of fused-ring (bicyclic) bond motifs is 1. The summed E-state index contributed by atoms with van der Waals surface area (Å²) < 4.78 is 1.97.